The molecule has 1 aromatic heterocycles. The average molecular weight is 355 g/mol. The van der Waals surface area contributed by atoms with Gasteiger partial charge in [-0.15, -0.1) is 0 Å². The Balaban J connectivity index is 1.39. The second kappa shape index (κ2) is 7.87. The van der Waals surface area contributed by atoms with Gasteiger partial charge in [0.2, 0.25) is 0 Å². The first-order valence-corrected chi connectivity index (χ1v) is 9.15. The fourth-order valence-electron chi connectivity index (χ4n) is 3.29. The molecule has 0 aliphatic carbocycles. The number of hydrogen-bond donors (Lipinski definition) is 1. The third-order valence-electron chi connectivity index (χ3n) is 4.65. The van der Waals surface area contributed by atoms with Crippen molar-refractivity contribution in [3.8, 4) is 11.1 Å². The highest BCUT2D eigenvalue weighted by Crippen LogP contribution is 2.23. The number of carbonyl (C=O) groups excluding carboxylic acids is 1. The minimum atomic E-state index is -0.0371. The van der Waals surface area contributed by atoms with E-state index in [1.165, 1.54) is 0 Å². The molecule has 4 nitrogen and oxygen atoms in total. The van der Waals surface area contributed by atoms with Gasteiger partial charge in [-0.3, -0.25) is 4.79 Å². The van der Waals surface area contributed by atoms with Crippen LogP contribution in [0, 0.1) is 0 Å². The molecule has 0 aliphatic rings. The molecule has 134 valence electrons. The van der Waals surface area contributed by atoms with Crippen molar-refractivity contribution >= 4 is 16.9 Å². The molecule has 0 atom stereocenters. The van der Waals surface area contributed by atoms with Gasteiger partial charge in [0.05, 0.1) is 17.4 Å². The number of nitrogens with one attached hydrogen (secondary N) is 1. The fourth-order valence-corrected chi connectivity index (χ4v) is 3.29. The molecule has 1 heterocycles. The lowest BCUT2D eigenvalue weighted by molar-refractivity contribution is 0.0953. The van der Waals surface area contributed by atoms with Crippen molar-refractivity contribution in [1.29, 1.82) is 0 Å². The van der Waals surface area contributed by atoms with Crippen molar-refractivity contribution in [3.63, 3.8) is 0 Å². The van der Waals surface area contributed by atoms with Crippen molar-refractivity contribution in [3.05, 3.63) is 90.8 Å². The van der Waals surface area contributed by atoms with Gasteiger partial charge in [-0.05, 0) is 35.7 Å². The number of aryl methyl sites for hydroxylation is 1. The molecule has 3 aromatic carbocycles. The average Bonchev–Trinajstić information content (AvgIpc) is 3.15. The summed E-state index contributed by atoms with van der Waals surface area (Å²) in [6, 6.07) is 25.8. The first kappa shape index (κ1) is 17.0. The van der Waals surface area contributed by atoms with Crippen molar-refractivity contribution < 1.29 is 4.79 Å². The molecule has 4 aromatic rings. The van der Waals surface area contributed by atoms with Gasteiger partial charge >= 0.3 is 0 Å². The van der Waals surface area contributed by atoms with E-state index in [1.807, 2.05) is 79.1 Å². The molecular weight excluding hydrogens is 334 g/mol. The molecule has 1 N–H and O–H groups in total. The molecule has 0 bridgehead atoms. The molecule has 27 heavy (non-hydrogen) atoms. The number of carbonyl (C=O) groups is 1. The molecule has 0 aliphatic heterocycles. The van der Waals surface area contributed by atoms with Gasteiger partial charge in [-0.25, -0.2) is 4.98 Å². The first-order valence-electron chi connectivity index (χ1n) is 9.15. The fraction of sp³-hybridized carbons (Fsp3) is 0.130. The third-order valence-corrected chi connectivity index (χ3v) is 4.65. The van der Waals surface area contributed by atoms with Crippen LogP contribution in [0.3, 0.4) is 0 Å². The van der Waals surface area contributed by atoms with E-state index < -0.39 is 0 Å². The molecule has 0 radical (unpaired) electrons. The van der Waals surface area contributed by atoms with Crippen LogP contribution in [-0.2, 0) is 6.54 Å². The summed E-state index contributed by atoms with van der Waals surface area (Å²) in [6.45, 7) is 1.44. The minimum absolute atomic E-state index is 0.0371. The van der Waals surface area contributed by atoms with Crippen LogP contribution in [0.1, 0.15) is 16.8 Å². The zero-order valence-electron chi connectivity index (χ0n) is 15.0. The van der Waals surface area contributed by atoms with Gasteiger partial charge < -0.3 is 9.88 Å². The van der Waals surface area contributed by atoms with Crippen LogP contribution in [0.2, 0.25) is 0 Å². The van der Waals surface area contributed by atoms with E-state index in [0.29, 0.717) is 12.1 Å². The molecular formula is C23H21N3O. The van der Waals surface area contributed by atoms with Crippen LogP contribution < -0.4 is 5.32 Å². The normalized spacial score (nSPS) is 10.8. The third kappa shape index (κ3) is 3.75. The summed E-state index contributed by atoms with van der Waals surface area (Å²) in [7, 11) is 0. The number of imidazole rings is 1. The van der Waals surface area contributed by atoms with Gasteiger partial charge in [-0.2, -0.15) is 0 Å². The predicted molar refractivity (Wildman–Crippen MR) is 109 cm³/mol. The second-order valence-corrected chi connectivity index (χ2v) is 6.45. The number of nitrogens with zero attached hydrogens (tertiary/aromatic N) is 2. The van der Waals surface area contributed by atoms with E-state index in [2.05, 4.69) is 20.9 Å². The smallest absolute Gasteiger partial charge is 0.251 e. The number of hydrogen-bond acceptors (Lipinski definition) is 2. The monoisotopic (exact) mass is 355 g/mol. The Kier molecular flexibility index (Phi) is 4.97. The van der Waals surface area contributed by atoms with Crippen LogP contribution in [0.4, 0.5) is 0 Å². The zero-order chi connectivity index (χ0) is 18.5. The second-order valence-electron chi connectivity index (χ2n) is 6.45. The molecule has 4 rings (SSSR count). The Labute approximate surface area is 158 Å². The first-order chi connectivity index (χ1) is 13.3. The Morgan fingerprint density at radius 1 is 0.889 bits per heavy atom. The quantitative estimate of drug-likeness (QED) is 0.517. The summed E-state index contributed by atoms with van der Waals surface area (Å²) >= 11 is 0. The maximum atomic E-state index is 12.7. The highest BCUT2D eigenvalue weighted by molar-refractivity contribution is 6.00. The summed E-state index contributed by atoms with van der Waals surface area (Å²) in [5, 5.41) is 3.05. The lowest BCUT2D eigenvalue weighted by atomic mass is 9.99. The molecule has 0 saturated heterocycles. The van der Waals surface area contributed by atoms with Crippen LogP contribution in [0.5, 0.6) is 0 Å². The standard InChI is InChI=1S/C23H21N3O/c27-23(20-12-5-4-11-19(20)18-9-2-1-3-10-18)24-15-8-16-26-17-25-21-13-6-7-14-22(21)26/h1-7,9-14,17H,8,15-16H2,(H,24,27). The SMILES string of the molecule is O=C(NCCCn1cnc2ccccc21)c1ccccc1-c1ccccc1. The highest BCUT2D eigenvalue weighted by Gasteiger charge is 2.11. The number of rotatable bonds is 6. The van der Waals surface area contributed by atoms with Crippen LogP contribution in [0.15, 0.2) is 85.2 Å². The molecule has 1 amide bonds. The number of fused-ring (bicyclic) bond motifs is 1. The van der Waals surface area contributed by atoms with Crippen molar-refractivity contribution in [1.82, 2.24) is 14.9 Å². The molecule has 0 saturated carbocycles. The molecule has 0 unspecified atom stereocenters. The Hall–Kier alpha value is -3.40. The van der Waals surface area contributed by atoms with Gasteiger partial charge in [0.15, 0.2) is 0 Å². The van der Waals surface area contributed by atoms with Crippen molar-refractivity contribution in [2.24, 2.45) is 0 Å². The summed E-state index contributed by atoms with van der Waals surface area (Å²) < 4.78 is 2.12. The molecule has 0 fully saturated rings. The predicted octanol–water partition coefficient (Wildman–Crippen LogP) is 4.52. The van der Waals surface area contributed by atoms with E-state index in [9.17, 15) is 4.79 Å². The lowest BCUT2D eigenvalue weighted by Crippen LogP contribution is -2.25. The lowest BCUT2D eigenvalue weighted by Gasteiger charge is -2.11. The zero-order valence-corrected chi connectivity index (χ0v) is 15.0. The number of aromatic nitrogens is 2. The Morgan fingerprint density at radius 2 is 1.63 bits per heavy atom. The number of benzene rings is 3. The van der Waals surface area contributed by atoms with E-state index in [0.717, 1.165) is 35.1 Å². The highest BCUT2D eigenvalue weighted by atomic mass is 16.1. The van der Waals surface area contributed by atoms with Crippen LogP contribution >= 0.6 is 0 Å². The van der Waals surface area contributed by atoms with Gasteiger partial charge in [0.1, 0.15) is 0 Å². The van der Waals surface area contributed by atoms with E-state index >= 15 is 0 Å². The number of para-hydroxylation sites is 2. The maximum absolute atomic E-state index is 12.7. The minimum Gasteiger partial charge on any atom is -0.352 e. The Bertz CT molecular complexity index is 1050. The van der Waals surface area contributed by atoms with Gasteiger partial charge in [0.25, 0.3) is 5.91 Å². The van der Waals surface area contributed by atoms with E-state index in [-0.39, 0.29) is 5.91 Å². The summed E-state index contributed by atoms with van der Waals surface area (Å²) in [4.78, 5) is 17.1. The van der Waals surface area contributed by atoms with Gasteiger partial charge in [-0.1, -0.05) is 60.7 Å². The molecule has 4 heteroatoms. The topological polar surface area (TPSA) is 46.9 Å². The van der Waals surface area contributed by atoms with E-state index in [1.54, 1.807) is 0 Å². The summed E-state index contributed by atoms with van der Waals surface area (Å²) in [6.07, 6.45) is 2.71. The van der Waals surface area contributed by atoms with Crippen molar-refractivity contribution in [2.75, 3.05) is 6.54 Å². The molecule has 0 spiro atoms. The van der Waals surface area contributed by atoms with Crippen molar-refractivity contribution in [2.45, 2.75) is 13.0 Å². The van der Waals surface area contributed by atoms with E-state index in [4.69, 9.17) is 0 Å². The summed E-state index contributed by atoms with van der Waals surface area (Å²) in [5.74, 6) is -0.0371. The Morgan fingerprint density at radius 3 is 2.52 bits per heavy atom. The largest absolute Gasteiger partial charge is 0.352 e. The summed E-state index contributed by atoms with van der Waals surface area (Å²) in [5.41, 5.74) is 4.83. The number of amides is 1. The van der Waals surface area contributed by atoms with Crippen LogP contribution in [0.25, 0.3) is 22.2 Å². The van der Waals surface area contributed by atoms with Gasteiger partial charge in [0, 0.05) is 18.7 Å². The van der Waals surface area contributed by atoms with Crippen LogP contribution in [-0.4, -0.2) is 22.0 Å². The maximum Gasteiger partial charge on any atom is 0.251 e.